The average Bonchev–Trinajstić information content (AvgIpc) is 1.85. The van der Waals surface area contributed by atoms with E-state index in [1.54, 1.807) is 0 Å². The van der Waals surface area contributed by atoms with Gasteiger partial charge in [-0.2, -0.15) is 0 Å². The van der Waals surface area contributed by atoms with E-state index in [1.165, 1.54) is 6.26 Å². The highest BCUT2D eigenvalue weighted by Crippen LogP contribution is 2.21. The monoisotopic (exact) mass is 156 g/mol. The summed E-state index contributed by atoms with van der Waals surface area (Å²) < 4.78 is 10.9. The molecule has 2 unspecified atom stereocenters. The maximum atomic E-state index is 5.55. The molecule has 0 spiro atoms. The van der Waals surface area contributed by atoms with Gasteiger partial charge >= 0.3 is 0 Å². The molecular weight excluding hydrogens is 140 g/mol. The van der Waals surface area contributed by atoms with Gasteiger partial charge in [-0.15, -0.1) is 0 Å². The number of rotatable bonds is 2. The number of ether oxygens (including phenoxy) is 2. The third kappa shape index (κ3) is 2.54. The summed E-state index contributed by atoms with van der Waals surface area (Å²) >= 11 is 0. The Balaban J connectivity index is 2.36. The maximum absolute atomic E-state index is 5.55. The first-order chi connectivity index (χ1) is 5.22. The van der Waals surface area contributed by atoms with Crippen LogP contribution in [-0.4, -0.2) is 18.3 Å². The van der Waals surface area contributed by atoms with E-state index in [0.717, 1.165) is 12.8 Å². The van der Waals surface area contributed by atoms with E-state index in [-0.39, 0.29) is 0 Å². The molecule has 0 aromatic rings. The molecule has 0 amide bonds. The summed E-state index contributed by atoms with van der Waals surface area (Å²) in [6, 6.07) is 0. The lowest BCUT2D eigenvalue weighted by atomic mass is 10.0. The fraction of sp³-hybridized carbons (Fsp3) is 0.778. The molecule has 0 aromatic carbocycles. The number of hydrogen-bond donors (Lipinski definition) is 0. The molecule has 0 N–H and O–H groups in total. The van der Waals surface area contributed by atoms with Gasteiger partial charge in [0.15, 0.2) is 0 Å². The van der Waals surface area contributed by atoms with Crippen molar-refractivity contribution in [3.8, 4) is 0 Å². The van der Waals surface area contributed by atoms with Crippen LogP contribution in [0.5, 0.6) is 0 Å². The van der Waals surface area contributed by atoms with Crippen molar-refractivity contribution in [2.24, 2.45) is 0 Å². The number of hydrogen-bond acceptors (Lipinski definition) is 2. The molecule has 1 aliphatic heterocycles. The Hall–Kier alpha value is -0.500. The van der Waals surface area contributed by atoms with Gasteiger partial charge in [0.1, 0.15) is 6.10 Å². The quantitative estimate of drug-likeness (QED) is 0.570. The second-order valence-electron chi connectivity index (χ2n) is 3.15. The van der Waals surface area contributed by atoms with Crippen LogP contribution in [0.25, 0.3) is 0 Å². The van der Waals surface area contributed by atoms with E-state index in [2.05, 4.69) is 20.4 Å². The van der Waals surface area contributed by atoms with Crippen molar-refractivity contribution in [1.82, 2.24) is 0 Å². The molecule has 1 rings (SSSR count). The molecular formula is C9H16O2. The van der Waals surface area contributed by atoms with Crippen LogP contribution in [0.1, 0.15) is 26.7 Å². The lowest BCUT2D eigenvalue weighted by Gasteiger charge is -2.31. The third-order valence-electron chi connectivity index (χ3n) is 1.94. The highest BCUT2D eigenvalue weighted by molar-refractivity contribution is 4.75. The molecule has 2 heteroatoms. The van der Waals surface area contributed by atoms with E-state index in [9.17, 15) is 0 Å². The van der Waals surface area contributed by atoms with E-state index >= 15 is 0 Å². The average molecular weight is 156 g/mol. The fourth-order valence-corrected chi connectivity index (χ4v) is 1.59. The molecule has 0 bridgehead atoms. The van der Waals surface area contributed by atoms with Crippen molar-refractivity contribution in [2.45, 2.75) is 45.0 Å². The molecule has 0 saturated carbocycles. The topological polar surface area (TPSA) is 18.5 Å². The SMILES string of the molecule is C=COC1CC(C)OC(C)C1. The van der Waals surface area contributed by atoms with Gasteiger partial charge in [0.25, 0.3) is 0 Å². The van der Waals surface area contributed by atoms with Crippen molar-refractivity contribution < 1.29 is 9.47 Å². The van der Waals surface area contributed by atoms with Crippen LogP contribution in [0.3, 0.4) is 0 Å². The Labute approximate surface area is 68.2 Å². The summed E-state index contributed by atoms with van der Waals surface area (Å²) in [7, 11) is 0. The van der Waals surface area contributed by atoms with Crippen LogP contribution in [0.4, 0.5) is 0 Å². The normalized spacial score (nSPS) is 38.2. The summed E-state index contributed by atoms with van der Waals surface area (Å²) in [6.07, 6.45) is 4.45. The Kier molecular flexibility index (Phi) is 2.94. The molecule has 0 radical (unpaired) electrons. The van der Waals surface area contributed by atoms with Crippen LogP contribution in [0, 0.1) is 0 Å². The molecule has 64 valence electrons. The van der Waals surface area contributed by atoms with E-state index in [0.29, 0.717) is 18.3 Å². The molecule has 1 saturated heterocycles. The van der Waals surface area contributed by atoms with E-state index < -0.39 is 0 Å². The van der Waals surface area contributed by atoms with Gasteiger partial charge in [0, 0.05) is 12.8 Å². The minimum absolute atomic E-state index is 0.311. The predicted molar refractivity (Wildman–Crippen MR) is 44.3 cm³/mol. The molecule has 0 aromatic heterocycles. The summed E-state index contributed by atoms with van der Waals surface area (Å²) in [5, 5.41) is 0. The summed E-state index contributed by atoms with van der Waals surface area (Å²) in [5.74, 6) is 0. The Morgan fingerprint density at radius 1 is 1.36 bits per heavy atom. The third-order valence-corrected chi connectivity index (χ3v) is 1.94. The molecule has 1 heterocycles. The van der Waals surface area contributed by atoms with Crippen molar-refractivity contribution >= 4 is 0 Å². The lowest BCUT2D eigenvalue weighted by Crippen LogP contribution is -2.33. The molecule has 1 fully saturated rings. The second kappa shape index (κ2) is 3.77. The lowest BCUT2D eigenvalue weighted by molar-refractivity contribution is -0.0824. The molecule has 1 aliphatic rings. The second-order valence-corrected chi connectivity index (χ2v) is 3.15. The summed E-state index contributed by atoms with van der Waals surface area (Å²) in [6.45, 7) is 7.70. The van der Waals surface area contributed by atoms with Crippen LogP contribution in [0.15, 0.2) is 12.8 Å². The Morgan fingerprint density at radius 3 is 2.36 bits per heavy atom. The first-order valence-corrected chi connectivity index (χ1v) is 4.14. The van der Waals surface area contributed by atoms with Gasteiger partial charge in [-0.05, 0) is 13.8 Å². The smallest absolute Gasteiger partial charge is 0.103 e. The van der Waals surface area contributed by atoms with Crippen LogP contribution in [0.2, 0.25) is 0 Å². The molecule has 2 nitrogen and oxygen atoms in total. The summed E-state index contributed by atoms with van der Waals surface area (Å²) in [4.78, 5) is 0. The minimum atomic E-state index is 0.311. The van der Waals surface area contributed by atoms with Crippen LogP contribution in [-0.2, 0) is 9.47 Å². The minimum Gasteiger partial charge on any atom is -0.498 e. The van der Waals surface area contributed by atoms with Gasteiger partial charge in [0.2, 0.25) is 0 Å². The summed E-state index contributed by atoms with van der Waals surface area (Å²) in [5.41, 5.74) is 0. The van der Waals surface area contributed by atoms with Gasteiger partial charge in [0.05, 0.1) is 18.5 Å². The van der Waals surface area contributed by atoms with Gasteiger partial charge < -0.3 is 9.47 Å². The molecule has 2 atom stereocenters. The molecule has 0 aliphatic carbocycles. The van der Waals surface area contributed by atoms with Gasteiger partial charge in [-0.3, -0.25) is 0 Å². The largest absolute Gasteiger partial charge is 0.498 e. The van der Waals surface area contributed by atoms with Crippen LogP contribution < -0.4 is 0 Å². The zero-order valence-electron chi connectivity index (χ0n) is 7.25. The van der Waals surface area contributed by atoms with E-state index in [4.69, 9.17) is 9.47 Å². The maximum Gasteiger partial charge on any atom is 0.103 e. The van der Waals surface area contributed by atoms with Crippen molar-refractivity contribution in [1.29, 1.82) is 0 Å². The molecule has 11 heavy (non-hydrogen) atoms. The predicted octanol–water partition coefficient (Wildman–Crippen LogP) is 2.10. The Bertz CT molecular complexity index is 124. The first kappa shape index (κ1) is 8.60. The first-order valence-electron chi connectivity index (χ1n) is 4.14. The van der Waals surface area contributed by atoms with Crippen molar-refractivity contribution in [2.75, 3.05) is 0 Å². The highest BCUT2D eigenvalue weighted by Gasteiger charge is 2.24. The van der Waals surface area contributed by atoms with E-state index in [1.807, 2.05) is 0 Å². The standard InChI is InChI=1S/C9H16O2/c1-4-10-9-5-7(2)11-8(3)6-9/h4,7-9H,1,5-6H2,2-3H3. The zero-order chi connectivity index (χ0) is 8.27. The Morgan fingerprint density at radius 2 is 1.91 bits per heavy atom. The van der Waals surface area contributed by atoms with Gasteiger partial charge in [-0.1, -0.05) is 6.58 Å². The van der Waals surface area contributed by atoms with Crippen LogP contribution >= 0.6 is 0 Å². The van der Waals surface area contributed by atoms with Crippen molar-refractivity contribution in [3.05, 3.63) is 12.8 Å². The van der Waals surface area contributed by atoms with Gasteiger partial charge in [-0.25, -0.2) is 0 Å². The zero-order valence-corrected chi connectivity index (χ0v) is 7.25. The fourth-order valence-electron chi connectivity index (χ4n) is 1.59. The van der Waals surface area contributed by atoms with Crippen molar-refractivity contribution in [3.63, 3.8) is 0 Å². The highest BCUT2D eigenvalue weighted by atomic mass is 16.5.